The van der Waals surface area contributed by atoms with Crippen LogP contribution in [-0.2, 0) is 16.0 Å². The maximum Gasteiger partial charge on any atom is 0.227 e. The second kappa shape index (κ2) is 7.99. The highest BCUT2D eigenvalue weighted by molar-refractivity contribution is 5.81. The van der Waals surface area contributed by atoms with E-state index in [4.69, 9.17) is 4.74 Å². The maximum absolute atomic E-state index is 12.4. The minimum absolute atomic E-state index is 0.0639. The summed E-state index contributed by atoms with van der Waals surface area (Å²) in [5.41, 5.74) is 0.951. The maximum atomic E-state index is 12.4. The second-order valence-corrected chi connectivity index (χ2v) is 6.04. The van der Waals surface area contributed by atoms with E-state index in [1.807, 2.05) is 47.9 Å². The van der Waals surface area contributed by atoms with Gasteiger partial charge in [-0.15, -0.1) is 0 Å². The van der Waals surface area contributed by atoms with Gasteiger partial charge in [-0.2, -0.15) is 0 Å². The highest BCUT2D eigenvalue weighted by Crippen LogP contribution is 2.15. The summed E-state index contributed by atoms with van der Waals surface area (Å²) >= 11 is 0. The molecular formula is C18H26N2O3. The zero-order chi connectivity index (χ0) is 16.8. The monoisotopic (exact) mass is 318 g/mol. The Balaban J connectivity index is 1.87. The number of rotatable bonds is 5. The SMILES string of the molecule is CC[C@@H](C)C(=O)N1CCN(C(=O)Cc2cccc(OC)c2)CC1. The fourth-order valence-corrected chi connectivity index (χ4v) is 2.73. The minimum Gasteiger partial charge on any atom is -0.497 e. The Bertz CT molecular complexity index is 551. The zero-order valence-electron chi connectivity index (χ0n) is 14.2. The van der Waals surface area contributed by atoms with Crippen molar-refractivity contribution >= 4 is 11.8 Å². The molecular weight excluding hydrogens is 292 g/mol. The number of hydrogen-bond donors (Lipinski definition) is 0. The third kappa shape index (κ3) is 4.47. The second-order valence-electron chi connectivity index (χ2n) is 6.04. The molecule has 5 heteroatoms. The molecule has 0 aromatic heterocycles. The molecule has 0 spiro atoms. The summed E-state index contributed by atoms with van der Waals surface area (Å²) in [6, 6.07) is 7.58. The van der Waals surface area contributed by atoms with Crippen LogP contribution in [-0.4, -0.2) is 54.9 Å². The van der Waals surface area contributed by atoms with Crippen LogP contribution < -0.4 is 4.74 Å². The number of amides is 2. The van der Waals surface area contributed by atoms with Crippen LogP contribution in [0.15, 0.2) is 24.3 Å². The summed E-state index contributed by atoms with van der Waals surface area (Å²) in [6.07, 6.45) is 1.23. The molecule has 2 amide bonds. The van der Waals surface area contributed by atoms with Crippen LogP contribution in [0.2, 0.25) is 0 Å². The van der Waals surface area contributed by atoms with Gasteiger partial charge in [-0.1, -0.05) is 26.0 Å². The van der Waals surface area contributed by atoms with Gasteiger partial charge in [-0.05, 0) is 24.1 Å². The van der Waals surface area contributed by atoms with Gasteiger partial charge < -0.3 is 14.5 Å². The summed E-state index contributed by atoms with van der Waals surface area (Å²) in [5.74, 6) is 1.13. The van der Waals surface area contributed by atoms with Crippen molar-refractivity contribution in [3.63, 3.8) is 0 Å². The highest BCUT2D eigenvalue weighted by Gasteiger charge is 2.26. The van der Waals surface area contributed by atoms with Crippen molar-refractivity contribution < 1.29 is 14.3 Å². The Morgan fingerprint density at radius 3 is 2.43 bits per heavy atom. The summed E-state index contributed by atoms with van der Waals surface area (Å²) in [4.78, 5) is 28.3. The fraction of sp³-hybridized carbons (Fsp3) is 0.556. The van der Waals surface area contributed by atoms with Gasteiger partial charge in [0.2, 0.25) is 11.8 Å². The number of nitrogens with zero attached hydrogens (tertiary/aromatic N) is 2. The van der Waals surface area contributed by atoms with E-state index in [9.17, 15) is 9.59 Å². The van der Waals surface area contributed by atoms with Gasteiger partial charge in [-0.3, -0.25) is 9.59 Å². The topological polar surface area (TPSA) is 49.9 Å². The number of carbonyl (C=O) groups excluding carboxylic acids is 2. The van der Waals surface area contributed by atoms with Crippen molar-refractivity contribution in [3.05, 3.63) is 29.8 Å². The summed E-state index contributed by atoms with van der Waals surface area (Å²) in [5, 5.41) is 0. The van der Waals surface area contributed by atoms with Crippen LogP contribution >= 0.6 is 0 Å². The number of benzene rings is 1. The zero-order valence-corrected chi connectivity index (χ0v) is 14.2. The normalized spacial score (nSPS) is 16.1. The first-order chi connectivity index (χ1) is 11.0. The van der Waals surface area contributed by atoms with Crippen LogP contribution in [0.25, 0.3) is 0 Å². The van der Waals surface area contributed by atoms with Crippen LogP contribution in [0.4, 0.5) is 0 Å². The predicted molar refractivity (Wildman–Crippen MR) is 89.3 cm³/mol. The summed E-state index contributed by atoms with van der Waals surface area (Å²) in [6.45, 7) is 6.48. The molecule has 1 aromatic rings. The Labute approximate surface area is 138 Å². The molecule has 1 aliphatic heterocycles. The lowest BCUT2D eigenvalue weighted by molar-refractivity contribution is -0.141. The van der Waals surface area contributed by atoms with Gasteiger partial charge in [0.15, 0.2) is 0 Å². The van der Waals surface area contributed by atoms with E-state index in [0.29, 0.717) is 32.6 Å². The molecule has 0 saturated carbocycles. The van der Waals surface area contributed by atoms with Crippen LogP contribution in [0.1, 0.15) is 25.8 Å². The Kier molecular flexibility index (Phi) is 6.02. The van der Waals surface area contributed by atoms with E-state index < -0.39 is 0 Å². The van der Waals surface area contributed by atoms with Crippen molar-refractivity contribution in [2.45, 2.75) is 26.7 Å². The Morgan fingerprint density at radius 2 is 1.83 bits per heavy atom. The molecule has 1 aliphatic rings. The van der Waals surface area contributed by atoms with Crippen molar-refractivity contribution in [2.75, 3.05) is 33.3 Å². The van der Waals surface area contributed by atoms with E-state index >= 15 is 0 Å². The largest absolute Gasteiger partial charge is 0.497 e. The van der Waals surface area contributed by atoms with Crippen molar-refractivity contribution in [2.24, 2.45) is 5.92 Å². The predicted octanol–water partition coefficient (Wildman–Crippen LogP) is 1.95. The molecule has 1 fully saturated rings. The van der Waals surface area contributed by atoms with Crippen LogP contribution in [0.3, 0.4) is 0 Å². The fourth-order valence-electron chi connectivity index (χ4n) is 2.73. The molecule has 1 atom stereocenters. The van der Waals surface area contributed by atoms with E-state index in [-0.39, 0.29) is 17.7 Å². The number of hydrogen-bond acceptors (Lipinski definition) is 3. The first-order valence-corrected chi connectivity index (χ1v) is 8.24. The summed E-state index contributed by atoms with van der Waals surface area (Å²) in [7, 11) is 1.62. The smallest absolute Gasteiger partial charge is 0.227 e. The summed E-state index contributed by atoms with van der Waals surface area (Å²) < 4.78 is 5.19. The van der Waals surface area contributed by atoms with E-state index in [1.54, 1.807) is 7.11 Å². The molecule has 0 unspecified atom stereocenters. The first kappa shape index (κ1) is 17.3. The molecule has 23 heavy (non-hydrogen) atoms. The number of methoxy groups -OCH3 is 1. The average Bonchev–Trinajstić information content (AvgIpc) is 2.60. The lowest BCUT2D eigenvalue weighted by Gasteiger charge is -2.36. The van der Waals surface area contributed by atoms with Crippen molar-refractivity contribution in [1.29, 1.82) is 0 Å². The highest BCUT2D eigenvalue weighted by atomic mass is 16.5. The van der Waals surface area contributed by atoms with E-state index in [2.05, 4.69) is 0 Å². The molecule has 0 radical (unpaired) electrons. The minimum atomic E-state index is 0.0639. The molecule has 2 rings (SSSR count). The first-order valence-electron chi connectivity index (χ1n) is 8.24. The molecule has 1 heterocycles. The van der Waals surface area contributed by atoms with E-state index in [1.165, 1.54) is 0 Å². The molecule has 5 nitrogen and oxygen atoms in total. The van der Waals surface area contributed by atoms with Gasteiger partial charge in [0.05, 0.1) is 13.5 Å². The standard InChI is InChI=1S/C18H26N2O3/c1-4-14(2)18(22)20-10-8-19(9-11-20)17(21)13-15-6-5-7-16(12-15)23-3/h5-7,12,14H,4,8-11,13H2,1-3H3/t14-/m1/s1. The Morgan fingerprint density at radius 1 is 1.17 bits per heavy atom. The molecule has 126 valence electrons. The van der Waals surface area contributed by atoms with Gasteiger partial charge in [-0.25, -0.2) is 0 Å². The van der Waals surface area contributed by atoms with E-state index in [0.717, 1.165) is 17.7 Å². The number of carbonyl (C=O) groups is 2. The average molecular weight is 318 g/mol. The van der Waals surface area contributed by atoms with Crippen LogP contribution in [0, 0.1) is 5.92 Å². The lowest BCUT2D eigenvalue weighted by Crippen LogP contribution is -2.52. The van der Waals surface area contributed by atoms with Crippen molar-refractivity contribution in [3.8, 4) is 5.75 Å². The Hall–Kier alpha value is -2.04. The quantitative estimate of drug-likeness (QED) is 0.834. The number of piperazine rings is 1. The van der Waals surface area contributed by atoms with Gasteiger partial charge in [0, 0.05) is 32.1 Å². The molecule has 0 bridgehead atoms. The molecule has 0 N–H and O–H groups in total. The number of ether oxygens (including phenoxy) is 1. The molecule has 1 aromatic carbocycles. The molecule has 1 saturated heterocycles. The van der Waals surface area contributed by atoms with Gasteiger partial charge >= 0.3 is 0 Å². The van der Waals surface area contributed by atoms with Crippen LogP contribution in [0.5, 0.6) is 5.75 Å². The molecule has 0 aliphatic carbocycles. The third-order valence-corrected chi connectivity index (χ3v) is 4.47. The van der Waals surface area contributed by atoms with Crippen molar-refractivity contribution in [1.82, 2.24) is 9.80 Å². The van der Waals surface area contributed by atoms with Gasteiger partial charge in [0.1, 0.15) is 5.75 Å². The van der Waals surface area contributed by atoms with Gasteiger partial charge in [0.25, 0.3) is 0 Å². The lowest BCUT2D eigenvalue weighted by atomic mass is 10.1. The third-order valence-electron chi connectivity index (χ3n) is 4.47.